The molecule has 18 heavy (non-hydrogen) atoms. The second-order valence-electron chi connectivity index (χ2n) is 4.73. The van der Waals surface area contributed by atoms with Crippen molar-refractivity contribution in [3.05, 3.63) is 0 Å². The van der Waals surface area contributed by atoms with Crippen LogP contribution in [0.1, 0.15) is 32.6 Å². The van der Waals surface area contributed by atoms with Crippen LogP contribution in [0.25, 0.3) is 0 Å². The Morgan fingerprint density at radius 3 is 3.06 bits per heavy atom. The van der Waals surface area contributed by atoms with E-state index >= 15 is 0 Å². The Hall–Kier alpha value is -1.43. The minimum absolute atomic E-state index is 0.125. The molecule has 0 bridgehead atoms. The summed E-state index contributed by atoms with van der Waals surface area (Å²) >= 11 is 0. The van der Waals surface area contributed by atoms with Crippen molar-refractivity contribution in [3.63, 3.8) is 0 Å². The fourth-order valence-electron chi connectivity index (χ4n) is 2.49. The second-order valence-corrected chi connectivity index (χ2v) is 4.73. The quantitative estimate of drug-likeness (QED) is 0.731. The van der Waals surface area contributed by atoms with Crippen molar-refractivity contribution in [3.8, 4) is 0 Å². The van der Waals surface area contributed by atoms with Crippen LogP contribution in [0.2, 0.25) is 0 Å². The molecule has 0 aromatic rings. The third-order valence-corrected chi connectivity index (χ3v) is 3.57. The molecule has 2 heterocycles. The van der Waals surface area contributed by atoms with Crippen molar-refractivity contribution < 1.29 is 9.59 Å². The fraction of sp³-hybridized carbons (Fsp3) is 0.750. The lowest BCUT2D eigenvalue weighted by Gasteiger charge is -2.23. The average Bonchev–Trinajstić information content (AvgIpc) is 2.84. The van der Waals surface area contributed by atoms with E-state index in [-0.39, 0.29) is 11.8 Å². The summed E-state index contributed by atoms with van der Waals surface area (Å²) in [5.74, 6) is -0.280. The minimum Gasteiger partial charge on any atom is -0.349 e. The molecule has 0 radical (unpaired) electrons. The van der Waals surface area contributed by atoms with Crippen molar-refractivity contribution in [1.82, 2.24) is 15.6 Å². The molecule has 1 unspecified atom stereocenters. The molecular formula is C12H20N4O2. The highest BCUT2D eigenvalue weighted by Gasteiger charge is 2.24. The summed E-state index contributed by atoms with van der Waals surface area (Å²) in [6.45, 7) is 4.95. The van der Waals surface area contributed by atoms with Gasteiger partial charge in [-0.1, -0.05) is 6.92 Å². The van der Waals surface area contributed by atoms with E-state index in [1.54, 1.807) is 0 Å². The molecule has 0 aromatic heterocycles. The zero-order valence-corrected chi connectivity index (χ0v) is 10.7. The molecule has 6 nitrogen and oxygen atoms in total. The standard InChI is InChI=1S/C12H20N4O2/c1-2-16-7-3-4-9(16)8-13-12(18)10-5-6-11(17)15-14-10/h9H,2-8H2,1H3,(H,13,18)(H,15,17). The van der Waals surface area contributed by atoms with E-state index in [1.165, 1.54) is 6.42 Å². The molecule has 1 fully saturated rings. The van der Waals surface area contributed by atoms with Gasteiger partial charge in [0.2, 0.25) is 5.91 Å². The van der Waals surface area contributed by atoms with Gasteiger partial charge in [0.15, 0.2) is 0 Å². The van der Waals surface area contributed by atoms with Gasteiger partial charge in [0.25, 0.3) is 5.91 Å². The summed E-state index contributed by atoms with van der Waals surface area (Å²) in [4.78, 5) is 25.1. The van der Waals surface area contributed by atoms with Crippen molar-refractivity contribution >= 4 is 17.5 Å². The van der Waals surface area contributed by atoms with E-state index in [0.717, 1.165) is 19.5 Å². The summed E-state index contributed by atoms with van der Waals surface area (Å²) < 4.78 is 0. The van der Waals surface area contributed by atoms with Gasteiger partial charge in [-0.25, -0.2) is 5.43 Å². The predicted molar refractivity (Wildman–Crippen MR) is 68.1 cm³/mol. The van der Waals surface area contributed by atoms with Gasteiger partial charge in [0, 0.05) is 25.4 Å². The highest BCUT2D eigenvalue weighted by atomic mass is 16.2. The highest BCUT2D eigenvalue weighted by molar-refractivity contribution is 6.39. The van der Waals surface area contributed by atoms with E-state index in [0.29, 0.717) is 31.1 Å². The van der Waals surface area contributed by atoms with Crippen LogP contribution >= 0.6 is 0 Å². The van der Waals surface area contributed by atoms with Gasteiger partial charge in [0.1, 0.15) is 5.71 Å². The van der Waals surface area contributed by atoms with E-state index in [4.69, 9.17) is 0 Å². The Morgan fingerprint density at radius 2 is 2.39 bits per heavy atom. The summed E-state index contributed by atoms with van der Waals surface area (Å²) in [6.07, 6.45) is 3.11. The van der Waals surface area contributed by atoms with Crippen molar-refractivity contribution in [1.29, 1.82) is 0 Å². The van der Waals surface area contributed by atoms with E-state index in [9.17, 15) is 9.59 Å². The first-order chi connectivity index (χ1) is 8.70. The molecule has 2 N–H and O–H groups in total. The molecule has 2 aliphatic heterocycles. The largest absolute Gasteiger partial charge is 0.349 e. The normalized spacial score (nSPS) is 24.6. The number of carbonyl (C=O) groups excluding carboxylic acids is 2. The summed E-state index contributed by atoms with van der Waals surface area (Å²) in [5.41, 5.74) is 2.77. The Labute approximate surface area is 107 Å². The van der Waals surface area contributed by atoms with Crippen LogP contribution in [0.4, 0.5) is 0 Å². The fourth-order valence-corrected chi connectivity index (χ4v) is 2.49. The van der Waals surface area contributed by atoms with Crippen LogP contribution in [0, 0.1) is 0 Å². The number of carbonyl (C=O) groups is 2. The third-order valence-electron chi connectivity index (χ3n) is 3.57. The van der Waals surface area contributed by atoms with Crippen LogP contribution in [0.15, 0.2) is 5.10 Å². The molecule has 0 aromatic carbocycles. The van der Waals surface area contributed by atoms with Crippen LogP contribution in [0.5, 0.6) is 0 Å². The van der Waals surface area contributed by atoms with E-state index in [2.05, 4.69) is 27.7 Å². The van der Waals surface area contributed by atoms with Crippen molar-refractivity contribution in [2.45, 2.75) is 38.6 Å². The SMILES string of the molecule is CCN1CCCC1CNC(=O)C1=NNC(=O)CC1. The van der Waals surface area contributed by atoms with Crippen LogP contribution in [0.3, 0.4) is 0 Å². The number of nitrogens with zero attached hydrogens (tertiary/aromatic N) is 2. The van der Waals surface area contributed by atoms with Gasteiger partial charge in [-0.15, -0.1) is 0 Å². The maximum atomic E-state index is 11.8. The lowest BCUT2D eigenvalue weighted by Crippen LogP contribution is -2.43. The Morgan fingerprint density at radius 1 is 1.56 bits per heavy atom. The van der Waals surface area contributed by atoms with E-state index in [1.807, 2.05) is 0 Å². The average molecular weight is 252 g/mol. The zero-order valence-electron chi connectivity index (χ0n) is 10.7. The number of likely N-dealkylation sites (tertiary alicyclic amines) is 1. The van der Waals surface area contributed by atoms with Gasteiger partial charge in [0.05, 0.1) is 0 Å². The van der Waals surface area contributed by atoms with Gasteiger partial charge < -0.3 is 5.32 Å². The van der Waals surface area contributed by atoms with Crippen molar-refractivity contribution in [2.24, 2.45) is 5.10 Å². The summed E-state index contributed by atoms with van der Waals surface area (Å²) in [6, 6.07) is 0.442. The van der Waals surface area contributed by atoms with Crippen LogP contribution in [-0.2, 0) is 9.59 Å². The van der Waals surface area contributed by atoms with Crippen LogP contribution in [-0.4, -0.2) is 48.1 Å². The first kappa shape index (κ1) is 13.0. The smallest absolute Gasteiger partial charge is 0.267 e. The molecule has 0 aliphatic carbocycles. The highest BCUT2D eigenvalue weighted by Crippen LogP contribution is 2.15. The first-order valence-electron chi connectivity index (χ1n) is 6.58. The van der Waals surface area contributed by atoms with Crippen LogP contribution < -0.4 is 10.7 Å². The lowest BCUT2D eigenvalue weighted by atomic mass is 10.1. The Balaban J connectivity index is 1.79. The molecule has 6 heteroatoms. The van der Waals surface area contributed by atoms with Gasteiger partial charge in [-0.3, -0.25) is 14.5 Å². The van der Waals surface area contributed by atoms with E-state index < -0.39 is 0 Å². The molecule has 2 aliphatic rings. The number of hydrogen-bond acceptors (Lipinski definition) is 4. The number of rotatable bonds is 4. The molecule has 100 valence electrons. The molecule has 0 saturated carbocycles. The molecular weight excluding hydrogens is 232 g/mol. The third kappa shape index (κ3) is 3.07. The molecule has 2 amide bonds. The minimum atomic E-state index is -0.155. The maximum absolute atomic E-state index is 11.8. The molecule has 1 atom stereocenters. The molecule has 0 spiro atoms. The number of amides is 2. The van der Waals surface area contributed by atoms with Crippen molar-refractivity contribution in [2.75, 3.05) is 19.6 Å². The number of nitrogens with one attached hydrogen (secondary N) is 2. The number of likely N-dealkylation sites (N-methyl/N-ethyl adjacent to an activating group) is 1. The monoisotopic (exact) mass is 252 g/mol. The lowest BCUT2D eigenvalue weighted by molar-refractivity contribution is -0.121. The Bertz CT molecular complexity index is 367. The van der Waals surface area contributed by atoms with Gasteiger partial charge in [-0.05, 0) is 25.9 Å². The predicted octanol–water partition coefficient (Wildman–Crippen LogP) is -0.147. The second kappa shape index (κ2) is 5.95. The summed E-state index contributed by atoms with van der Waals surface area (Å²) in [7, 11) is 0. The van der Waals surface area contributed by atoms with Gasteiger partial charge >= 0.3 is 0 Å². The topological polar surface area (TPSA) is 73.8 Å². The number of hydrazone groups is 1. The maximum Gasteiger partial charge on any atom is 0.267 e. The van der Waals surface area contributed by atoms with Gasteiger partial charge in [-0.2, -0.15) is 5.10 Å². The summed E-state index contributed by atoms with van der Waals surface area (Å²) in [5, 5.41) is 6.70. The molecule has 1 saturated heterocycles. The first-order valence-corrected chi connectivity index (χ1v) is 6.58. The zero-order chi connectivity index (χ0) is 13.0. The number of hydrogen-bond donors (Lipinski definition) is 2. The Kier molecular flexibility index (Phi) is 4.30. The molecule has 2 rings (SSSR count).